The Bertz CT molecular complexity index is 1550. The summed E-state index contributed by atoms with van der Waals surface area (Å²) in [5, 5.41) is 13.5. The Morgan fingerprint density at radius 3 is 2.35 bits per heavy atom. The summed E-state index contributed by atoms with van der Waals surface area (Å²) in [5.41, 5.74) is 2.00. The van der Waals surface area contributed by atoms with E-state index < -0.39 is 17.6 Å². The van der Waals surface area contributed by atoms with Crippen molar-refractivity contribution in [3.05, 3.63) is 87.9 Å². The van der Waals surface area contributed by atoms with E-state index in [2.05, 4.69) is 20.3 Å². The van der Waals surface area contributed by atoms with E-state index in [1.165, 1.54) is 6.07 Å². The highest BCUT2D eigenvalue weighted by molar-refractivity contribution is 6.30. The van der Waals surface area contributed by atoms with E-state index in [0.29, 0.717) is 21.7 Å². The minimum Gasteiger partial charge on any atom is -0.275 e. The maximum Gasteiger partial charge on any atom is 0.433 e. The molecule has 0 amide bonds. The molecule has 5 rings (SSSR count). The van der Waals surface area contributed by atoms with Crippen LogP contribution in [0, 0.1) is 0 Å². The molecule has 34 heavy (non-hydrogen) atoms. The molecule has 0 aliphatic carbocycles. The Hall–Kier alpha value is -3.99. The number of hydrogen-bond acceptors (Lipinski definition) is 5. The van der Waals surface area contributed by atoms with Gasteiger partial charge < -0.3 is 0 Å². The monoisotopic (exact) mass is 485 g/mol. The topological polar surface area (TPSA) is 82.9 Å². The van der Waals surface area contributed by atoms with Gasteiger partial charge in [0.05, 0.1) is 18.9 Å². The van der Waals surface area contributed by atoms with Gasteiger partial charge in [-0.2, -0.15) is 27.9 Å². The van der Waals surface area contributed by atoms with Crippen LogP contribution in [0.5, 0.6) is 0 Å². The Morgan fingerprint density at radius 1 is 0.971 bits per heavy atom. The number of rotatable bonds is 4. The van der Waals surface area contributed by atoms with Gasteiger partial charge in [0.1, 0.15) is 5.69 Å². The van der Waals surface area contributed by atoms with E-state index in [1.807, 2.05) is 6.20 Å². The summed E-state index contributed by atoms with van der Waals surface area (Å²) in [4.78, 5) is 16.5. The molecule has 1 aromatic carbocycles. The molecular weight excluding hydrogens is 471 g/mol. The molecule has 0 bridgehead atoms. The predicted molar refractivity (Wildman–Crippen MR) is 118 cm³/mol. The van der Waals surface area contributed by atoms with Gasteiger partial charge in [-0.3, -0.25) is 9.67 Å². The maximum absolute atomic E-state index is 13.0. The number of nitrogens with zero attached hydrogens (tertiary/aromatic N) is 7. The fraction of sp³-hybridized carbons (Fsp3) is 0.136. The van der Waals surface area contributed by atoms with E-state index in [9.17, 15) is 18.0 Å². The lowest BCUT2D eigenvalue weighted by atomic mass is 9.99. The third-order valence-corrected chi connectivity index (χ3v) is 5.46. The van der Waals surface area contributed by atoms with Crippen LogP contribution in [-0.2, 0) is 19.8 Å². The van der Waals surface area contributed by atoms with Crippen molar-refractivity contribution < 1.29 is 13.2 Å². The number of hydrogen-bond donors (Lipinski definition) is 0. The first-order valence-electron chi connectivity index (χ1n) is 9.96. The summed E-state index contributed by atoms with van der Waals surface area (Å²) in [5.74, 6) is 0. The zero-order valence-corrected chi connectivity index (χ0v) is 18.3. The molecule has 0 aliphatic heterocycles. The Morgan fingerprint density at radius 2 is 1.74 bits per heavy atom. The molecule has 0 fully saturated rings. The summed E-state index contributed by atoms with van der Waals surface area (Å²) in [7, 11) is 1.79. The fourth-order valence-corrected chi connectivity index (χ4v) is 3.73. The van der Waals surface area contributed by atoms with E-state index in [4.69, 9.17) is 11.6 Å². The molecule has 0 radical (unpaired) electrons. The SMILES string of the molecule is Cn1cc(-c2cnn3c(=O)n(Cc4ccc(C(F)(F)F)nc4)nc3c2-c2ccc(Cl)cc2)cn1. The summed E-state index contributed by atoms with van der Waals surface area (Å²) in [6, 6.07) is 9.20. The molecule has 12 heteroatoms. The second-order valence-corrected chi connectivity index (χ2v) is 8.00. The molecule has 0 aliphatic rings. The average Bonchev–Trinajstić information content (AvgIpc) is 3.37. The zero-order chi connectivity index (χ0) is 24.0. The summed E-state index contributed by atoms with van der Waals surface area (Å²) >= 11 is 6.06. The number of fused-ring (bicyclic) bond motifs is 1. The highest BCUT2D eigenvalue weighted by Crippen LogP contribution is 2.34. The van der Waals surface area contributed by atoms with Crippen molar-refractivity contribution in [3.8, 4) is 22.3 Å². The minimum atomic E-state index is -4.54. The second kappa shape index (κ2) is 8.10. The van der Waals surface area contributed by atoms with Gasteiger partial charge in [-0.05, 0) is 29.3 Å². The van der Waals surface area contributed by atoms with E-state index in [-0.39, 0.29) is 12.2 Å². The third kappa shape index (κ3) is 3.94. The van der Waals surface area contributed by atoms with Gasteiger partial charge in [0.25, 0.3) is 0 Å². The normalized spacial score (nSPS) is 11.9. The number of benzene rings is 1. The van der Waals surface area contributed by atoms with Gasteiger partial charge in [-0.15, -0.1) is 5.10 Å². The molecule has 0 saturated carbocycles. The number of pyridine rings is 1. The lowest BCUT2D eigenvalue weighted by Crippen LogP contribution is -2.23. The number of halogens is 4. The quantitative estimate of drug-likeness (QED) is 0.383. The van der Waals surface area contributed by atoms with Gasteiger partial charge in [-0.25, -0.2) is 9.48 Å². The van der Waals surface area contributed by atoms with Crippen LogP contribution in [0.15, 0.2) is 66.0 Å². The average molecular weight is 486 g/mol. The fourth-order valence-electron chi connectivity index (χ4n) is 3.60. The van der Waals surface area contributed by atoms with Crippen LogP contribution in [0.1, 0.15) is 11.3 Å². The summed E-state index contributed by atoms with van der Waals surface area (Å²) in [6.45, 7) is -0.0738. The molecule has 172 valence electrons. The van der Waals surface area contributed by atoms with Gasteiger partial charge in [0, 0.05) is 41.2 Å². The smallest absolute Gasteiger partial charge is 0.275 e. The highest BCUT2D eigenvalue weighted by Gasteiger charge is 2.32. The van der Waals surface area contributed by atoms with Crippen LogP contribution >= 0.6 is 11.6 Å². The second-order valence-electron chi connectivity index (χ2n) is 7.57. The zero-order valence-electron chi connectivity index (χ0n) is 17.5. The maximum atomic E-state index is 13.0. The van der Waals surface area contributed by atoms with E-state index in [0.717, 1.165) is 32.6 Å². The standard InChI is InChI=1S/C22H15ClF3N7O/c1-31-12-15(9-28-31)17-10-29-33-20(19(17)14-3-5-16(23)6-4-14)30-32(21(33)34)11-13-2-7-18(27-8-13)22(24,25)26/h2-10,12H,11H2,1H3. The van der Waals surface area contributed by atoms with Gasteiger partial charge in [-0.1, -0.05) is 29.8 Å². The van der Waals surface area contributed by atoms with Crippen LogP contribution in [-0.4, -0.2) is 34.2 Å². The van der Waals surface area contributed by atoms with Crippen LogP contribution < -0.4 is 5.69 Å². The third-order valence-electron chi connectivity index (χ3n) is 5.21. The molecule has 0 atom stereocenters. The van der Waals surface area contributed by atoms with Crippen LogP contribution in [0.2, 0.25) is 5.02 Å². The molecule has 4 aromatic heterocycles. The molecular formula is C22H15ClF3N7O. The first kappa shape index (κ1) is 21.8. The Balaban J connectivity index is 1.65. The van der Waals surface area contributed by atoms with Gasteiger partial charge in [0.15, 0.2) is 5.65 Å². The number of aryl methyl sites for hydroxylation is 1. The number of aromatic nitrogens is 7. The van der Waals surface area contributed by atoms with Crippen molar-refractivity contribution in [2.75, 3.05) is 0 Å². The van der Waals surface area contributed by atoms with E-state index >= 15 is 0 Å². The van der Waals surface area contributed by atoms with Crippen LogP contribution in [0.3, 0.4) is 0 Å². The van der Waals surface area contributed by atoms with Crippen molar-refractivity contribution >= 4 is 17.2 Å². The van der Waals surface area contributed by atoms with Crippen molar-refractivity contribution in [2.24, 2.45) is 7.05 Å². The Kier molecular flexibility index (Phi) is 5.20. The lowest BCUT2D eigenvalue weighted by Gasteiger charge is -2.09. The lowest BCUT2D eigenvalue weighted by molar-refractivity contribution is -0.141. The summed E-state index contributed by atoms with van der Waals surface area (Å²) in [6.07, 6.45) is 1.58. The molecule has 0 saturated heterocycles. The van der Waals surface area contributed by atoms with Crippen molar-refractivity contribution in [2.45, 2.75) is 12.7 Å². The van der Waals surface area contributed by atoms with Crippen LogP contribution in [0.25, 0.3) is 27.9 Å². The van der Waals surface area contributed by atoms with Gasteiger partial charge >= 0.3 is 11.9 Å². The largest absolute Gasteiger partial charge is 0.433 e. The molecule has 0 unspecified atom stereocenters. The molecule has 8 nitrogen and oxygen atoms in total. The van der Waals surface area contributed by atoms with Crippen molar-refractivity contribution in [1.29, 1.82) is 0 Å². The highest BCUT2D eigenvalue weighted by atomic mass is 35.5. The predicted octanol–water partition coefficient (Wildman–Crippen LogP) is 4.07. The molecule has 0 spiro atoms. The number of alkyl halides is 3. The van der Waals surface area contributed by atoms with E-state index in [1.54, 1.807) is 48.4 Å². The van der Waals surface area contributed by atoms with Crippen LogP contribution in [0.4, 0.5) is 13.2 Å². The van der Waals surface area contributed by atoms with Crippen molar-refractivity contribution in [1.82, 2.24) is 34.2 Å². The Labute approximate surface area is 194 Å². The summed E-state index contributed by atoms with van der Waals surface area (Å²) < 4.78 is 42.4. The molecule has 4 heterocycles. The molecule has 0 N–H and O–H groups in total. The first-order valence-corrected chi connectivity index (χ1v) is 10.3. The van der Waals surface area contributed by atoms with Crippen molar-refractivity contribution in [3.63, 3.8) is 0 Å². The first-order chi connectivity index (χ1) is 16.2. The minimum absolute atomic E-state index is 0.0738. The molecule has 5 aromatic rings. The van der Waals surface area contributed by atoms with Gasteiger partial charge in [0.2, 0.25) is 0 Å².